The molecule has 6 rings (SSSR count). The number of amides is 1. The van der Waals surface area contributed by atoms with Crippen molar-refractivity contribution in [1.82, 2.24) is 24.8 Å². The molecule has 36 heavy (non-hydrogen) atoms. The Morgan fingerprint density at radius 1 is 1.25 bits per heavy atom. The zero-order valence-corrected chi connectivity index (χ0v) is 21.1. The number of ether oxygens (including phenoxy) is 1. The minimum atomic E-state index is -0.187. The van der Waals surface area contributed by atoms with E-state index in [0.717, 1.165) is 37.2 Å². The van der Waals surface area contributed by atoms with Crippen molar-refractivity contribution in [2.75, 3.05) is 30.3 Å². The lowest BCUT2D eigenvalue weighted by Gasteiger charge is -2.26. The summed E-state index contributed by atoms with van der Waals surface area (Å²) < 4.78 is 22.9. The van der Waals surface area contributed by atoms with E-state index in [-0.39, 0.29) is 11.9 Å². The van der Waals surface area contributed by atoms with Gasteiger partial charge in [-0.25, -0.2) is 19.3 Å². The van der Waals surface area contributed by atoms with Gasteiger partial charge in [-0.05, 0) is 31.7 Å². The normalized spacial score (nSPS) is 18.0. The molecule has 2 fully saturated rings. The largest absolute Gasteiger partial charge is 0.491 e. The SMILES string of the molecule is CC.Cc1c(F)c2c(c(N3CCC(N)C3)c1Cn1cnc3c(N)ncnc31)OCC2.O=CNC1CC1. The summed E-state index contributed by atoms with van der Waals surface area (Å²) in [5.41, 5.74) is 16.3. The zero-order chi connectivity index (χ0) is 25.8. The summed E-state index contributed by atoms with van der Waals surface area (Å²) >= 11 is 0. The first-order valence-corrected chi connectivity index (χ1v) is 12.6. The van der Waals surface area contributed by atoms with Crippen LogP contribution in [-0.2, 0) is 17.8 Å². The lowest BCUT2D eigenvalue weighted by molar-refractivity contribution is -0.109. The number of anilines is 2. The van der Waals surface area contributed by atoms with Gasteiger partial charge >= 0.3 is 0 Å². The van der Waals surface area contributed by atoms with Crippen LogP contribution in [-0.4, -0.2) is 57.7 Å². The third-order valence-corrected chi connectivity index (χ3v) is 6.60. The van der Waals surface area contributed by atoms with Gasteiger partial charge in [-0.15, -0.1) is 0 Å². The second-order valence-corrected chi connectivity index (χ2v) is 9.03. The molecule has 194 valence electrons. The monoisotopic (exact) mass is 498 g/mol. The zero-order valence-electron chi connectivity index (χ0n) is 21.1. The van der Waals surface area contributed by atoms with Crippen LogP contribution in [0.15, 0.2) is 12.7 Å². The highest BCUT2D eigenvalue weighted by molar-refractivity contribution is 5.81. The van der Waals surface area contributed by atoms with E-state index in [9.17, 15) is 4.79 Å². The number of hydrogen-bond donors (Lipinski definition) is 3. The van der Waals surface area contributed by atoms with Crippen LogP contribution < -0.4 is 26.4 Å². The quantitative estimate of drug-likeness (QED) is 0.456. The van der Waals surface area contributed by atoms with E-state index in [1.807, 2.05) is 25.3 Å². The summed E-state index contributed by atoms with van der Waals surface area (Å²) in [6, 6.07) is 0.638. The van der Waals surface area contributed by atoms with Gasteiger partial charge in [0, 0.05) is 42.7 Å². The van der Waals surface area contributed by atoms with Gasteiger partial charge in [0.05, 0.1) is 25.2 Å². The number of fused-ring (bicyclic) bond motifs is 2. The number of hydrogen-bond acceptors (Lipinski definition) is 8. The molecule has 3 aromatic rings. The van der Waals surface area contributed by atoms with E-state index in [2.05, 4.69) is 25.2 Å². The smallest absolute Gasteiger partial charge is 0.207 e. The Labute approximate surface area is 210 Å². The van der Waals surface area contributed by atoms with E-state index in [1.54, 1.807) is 6.33 Å². The average Bonchev–Trinajstić information content (AvgIpc) is 3.24. The van der Waals surface area contributed by atoms with Crippen molar-refractivity contribution in [2.45, 2.75) is 65.1 Å². The summed E-state index contributed by atoms with van der Waals surface area (Å²) in [4.78, 5) is 24.4. The Balaban J connectivity index is 0.000000330. The third-order valence-electron chi connectivity index (χ3n) is 6.60. The molecule has 0 radical (unpaired) electrons. The van der Waals surface area contributed by atoms with Gasteiger partial charge in [0.25, 0.3) is 0 Å². The Morgan fingerprint density at radius 2 is 2.03 bits per heavy atom. The number of imidazole rings is 1. The number of halogens is 1. The molecule has 1 saturated heterocycles. The molecule has 3 aliphatic rings. The van der Waals surface area contributed by atoms with Crippen LogP contribution in [0, 0.1) is 12.7 Å². The Kier molecular flexibility index (Phi) is 7.88. The molecule has 1 aromatic carbocycles. The fourth-order valence-electron chi connectivity index (χ4n) is 4.60. The molecule has 2 aliphatic heterocycles. The highest BCUT2D eigenvalue weighted by atomic mass is 19.1. The van der Waals surface area contributed by atoms with Gasteiger partial charge in [0.1, 0.15) is 23.4 Å². The van der Waals surface area contributed by atoms with Crippen LogP contribution in [0.5, 0.6) is 5.75 Å². The second kappa shape index (κ2) is 11.1. The number of carbonyl (C=O) groups is 1. The number of nitrogens with one attached hydrogen (secondary N) is 1. The predicted molar refractivity (Wildman–Crippen MR) is 138 cm³/mol. The van der Waals surface area contributed by atoms with Crippen LogP contribution in [0.25, 0.3) is 11.2 Å². The molecule has 11 heteroatoms. The summed E-state index contributed by atoms with van der Waals surface area (Å²) in [5.74, 6) is 0.800. The minimum absolute atomic E-state index is 0.108. The second-order valence-electron chi connectivity index (χ2n) is 9.03. The molecule has 1 atom stereocenters. The average molecular weight is 499 g/mol. The van der Waals surface area contributed by atoms with Crippen LogP contribution >= 0.6 is 0 Å². The minimum Gasteiger partial charge on any atom is -0.491 e. The van der Waals surface area contributed by atoms with Crippen LogP contribution in [0.3, 0.4) is 0 Å². The van der Waals surface area contributed by atoms with Crippen molar-refractivity contribution in [3.05, 3.63) is 35.2 Å². The summed E-state index contributed by atoms with van der Waals surface area (Å²) in [5, 5.41) is 2.64. The third kappa shape index (κ3) is 5.06. The van der Waals surface area contributed by atoms with Crippen molar-refractivity contribution >= 4 is 29.1 Å². The molecule has 1 unspecified atom stereocenters. The van der Waals surface area contributed by atoms with E-state index < -0.39 is 0 Å². The van der Waals surface area contributed by atoms with Crippen molar-refractivity contribution in [1.29, 1.82) is 0 Å². The van der Waals surface area contributed by atoms with Crippen molar-refractivity contribution in [2.24, 2.45) is 5.73 Å². The van der Waals surface area contributed by atoms with Gasteiger partial charge in [-0.3, -0.25) is 4.79 Å². The number of nitrogens with two attached hydrogens (primary N) is 2. The van der Waals surface area contributed by atoms with Crippen LogP contribution in [0.2, 0.25) is 0 Å². The molecule has 1 aliphatic carbocycles. The summed E-state index contributed by atoms with van der Waals surface area (Å²) in [7, 11) is 0. The fourth-order valence-corrected chi connectivity index (χ4v) is 4.60. The van der Waals surface area contributed by atoms with Gasteiger partial charge in [0.15, 0.2) is 11.5 Å². The predicted octanol–water partition coefficient (Wildman–Crippen LogP) is 2.30. The molecule has 5 N–H and O–H groups in total. The maximum Gasteiger partial charge on any atom is 0.207 e. The topological polar surface area (TPSA) is 137 Å². The fraction of sp³-hybridized carbons (Fsp3) is 0.520. The molecule has 2 aromatic heterocycles. The Hall–Kier alpha value is -3.47. The first kappa shape index (κ1) is 25.6. The number of benzene rings is 1. The van der Waals surface area contributed by atoms with Crippen molar-refractivity contribution in [3.8, 4) is 5.75 Å². The van der Waals surface area contributed by atoms with Crippen molar-refractivity contribution in [3.63, 3.8) is 0 Å². The molecule has 4 heterocycles. The number of aromatic nitrogens is 4. The van der Waals surface area contributed by atoms with Gasteiger partial charge in [-0.2, -0.15) is 0 Å². The summed E-state index contributed by atoms with van der Waals surface area (Å²) in [6.07, 6.45) is 7.70. The van der Waals surface area contributed by atoms with Crippen LogP contribution in [0.1, 0.15) is 49.8 Å². The highest BCUT2D eigenvalue weighted by Crippen LogP contribution is 2.44. The molecule has 0 bridgehead atoms. The number of rotatable bonds is 5. The lowest BCUT2D eigenvalue weighted by Crippen LogP contribution is -2.28. The molecular formula is C25H35FN8O2. The van der Waals surface area contributed by atoms with Gasteiger partial charge in [0.2, 0.25) is 6.41 Å². The molecular weight excluding hydrogens is 463 g/mol. The number of carbonyl (C=O) groups excluding carboxylic acids is 1. The van der Waals surface area contributed by atoms with E-state index in [0.29, 0.717) is 59.5 Å². The van der Waals surface area contributed by atoms with E-state index in [1.165, 1.54) is 19.2 Å². The number of nitrogens with zero attached hydrogens (tertiary/aromatic N) is 5. The molecule has 10 nitrogen and oxygen atoms in total. The molecule has 1 amide bonds. The Morgan fingerprint density at radius 3 is 2.67 bits per heavy atom. The van der Waals surface area contributed by atoms with Gasteiger partial charge < -0.3 is 31.0 Å². The van der Waals surface area contributed by atoms with E-state index >= 15 is 4.39 Å². The first-order chi connectivity index (χ1) is 17.5. The lowest BCUT2D eigenvalue weighted by atomic mass is 9.98. The highest BCUT2D eigenvalue weighted by Gasteiger charge is 2.32. The van der Waals surface area contributed by atoms with Crippen LogP contribution in [0.4, 0.5) is 15.9 Å². The van der Waals surface area contributed by atoms with Gasteiger partial charge in [-0.1, -0.05) is 13.8 Å². The maximum absolute atomic E-state index is 15.1. The number of nitrogen functional groups attached to an aromatic ring is 1. The Bertz CT molecular complexity index is 1230. The maximum atomic E-state index is 15.1. The van der Waals surface area contributed by atoms with E-state index in [4.69, 9.17) is 16.2 Å². The summed E-state index contributed by atoms with van der Waals surface area (Å²) in [6.45, 7) is 8.29. The van der Waals surface area contributed by atoms with Crippen molar-refractivity contribution < 1.29 is 13.9 Å². The standard InChI is InChI=1S/C19H22FN7O.C4H7NO.C2H6/c1-10-13(7-27-9-25-15-18(22)23-8-24-19(15)27)16(26-4-2-11(21)6-26)17-12(14(10)20)3-5-28-17;6-3-5-4-1-2-4;1-2/h8-9,11H,2-7,21H2,1H3,(H2,22,23,24);3-4H,1-2H2,(H,5,6);1-2H3. The molecule has 0 spiro atoms. The molecule has 1 saturated carbocycles. The first-order valence-electron chi connectivity index (χ1n) is 12.6.